The Balaban J connectivity index is 0.979. The van der Waals surface area contributed by atoms with Gasteiger partial charge in [-0.3, -0.25) is 0 Å². The topological polar surface area (TPSA) is 30.7 Å². The Morgan fingerprint density at radius 3 is 1.56 bits per heavy atom. The average molecular weight is 840 g/mol. The maximum atomic E-state index is 5.34. The molecule has 0 atom stereocenters. The Kier molecular flexibility index (Phi) is 8.75. The molecule has 0 saturated heterocycles. The Labute approximate surface area is 383 Å². The summed E-state index contributed by atoms with van der Waals surface area (Å²) in [5.74, 6) is 0.682. The molecule has 2 aromatic heterocycles. The van der Waals surface area contributed by atoms with Gasteiger partial charge in [-0.15, -0.1) is 0 Å². The predicted molar refractivity (Wildman–Crippen MR) is 273 cm³/mol. The minimum absolute atomic E-state index is 0.523. The fourth-order valence-electron chi connectivity index (χ4n) is 10.8. The Hall–Kier alpha value is -8.66. The highest BCUT2D eigenvalue weighted by Crippen LogP contribution is 2.60. The van der Waals surface area contributed by atoms with Crippen LogP contribution in [0, 0.1) is 0 Å². The number of rotatable bonds is 7. The first-order chi connectivity index (χ1) is 32.7. The molecule has 66 heavy (non-hydrogen) atoms. The van der Waals surface area contributed by atoms with Crippen molar-refractivity contribution in [3.63, 3.8) is 0 Å². The van der Waals surface area contributed by atoms with Crippen molar-refractivity contribution >= 4 is 32.6 Å². The molecule has 0 bridgehead atoms. The van der Waals surface area contributed by atoms with Gasteiger partial charge in [0.2, 0.25) is 0 Å². The van der Waals surface area contributed by atoms with Gasteiger partial charge in [0.25, 0.3) is 0 Å². The zero-order chi connectivity index (χ0) is 43.6. The first-order valence-electron chi connectivity index (χ1n) is 22.7. The summed E-state index contributed by atoms with van der Waals surface area (Å²) in [6, 6.07) is 89.9. The van der Waals surface area contributed by atoms with Crippen LogP contribution < -0.4 is 0 Å². The van der Waals surface area contributed by atoms with Crippen LogP contribution >= 0.6 is 0 Å². The van der Waals surface area contributed by atoms with E-state index in [2.05, 4.69) is 247 Å². The van der Waals surface area contributed by atoms with Gasteiger partial charge in [0.05, 0.1) is 27.8 Å². The summed E-state index contributed by atoms with van der Waals surface area (Å²) >= 11 is 0. The SMILES string of the molecule is c1ccc(-c2cc(-c3cccc(-n4c5ccccc5c5ccccc54)c3)nc(-c3ccc(-c4cc5ccccc5c5c4-c4ccccc4C5(c4ccccc4)c4ccccc4)cc3)n2)cc1. The number of aromatic nitrogens is 3. The molecule has 0 aliphatic heterocycles. The zero-order valence-electron chi connectivity index (χ0n) is 36.0. The number of hydrogen-bond donors (Lipinski definition) is 0. The van der Waals surface area contributed by atoms with Crippen LogP contribution in [0.5, 0.6) is 0 Å². The van der Waals surface area contributed by atoms with Crippen LogP contribution in [0.4, 0.5) is 0 Å². The van der Waals surface area contributed by atoms with Gasteiger partial charge in [0, 0.05) is 33.2 Å². The van der Waals surface area contributed by atoms with E-state index in [9.17, 15) is 0 Å². The van der Waals surface area contributed by atoms with Crippen LogP contribution in [0.2, 0.25) is 0 Å². The van der Waals surface area contributed by atoms with Gasteiger partial charge in [-0.2, -0.15) is 0 Å². The third kappa shape index (κ3) is 5.84. The van der Waals surface area contributed by atoms with Crippen LogP contribution in [0.25, 0.3) is 94.4 Å². The molecule has 3 heteroatoms. The molecule has 0 amide bonds. The van der Waals surface area contributed by atoms with E-state index in [0.717, 1.165) is 39.3 Å². The lowest BCUT2D eigenvalue weighted by atomic mass is 9.66. The van der Waals surface area contributed by atoms with Crippen LogP contribution in [0.15, 0.2) is 249 Å². The summed E-state index contributed by atoms with van der Waals surface area (Å²) in [5, 5.41) is 4.95. The van der Waals surface area contributed by atoms with E-state index in [1.807, 2.05) is 6.07 Å². The van der Waals surface area contributed by atoms with E-state index in [-0.39, 0.29) is 0 Å². The molecular weight excluding hydrogens is 799 g/mol. The normalized spacial score (nSPS) is 12.7. The average Bonchev–Trinajstić information content (AvgIpc) is 3.91. The van der Waals surface area contributed by atoms with E-state index in [0.29, 0.717) is 5.82 Å². The minimum atomic E-state index is -0.523. The lowest BCUT2D eigenvalue weighted by molar-refractivity contribution is 0.775. The van der Waals surface area contributed by atoms with Gasteiger partial charge < -0.3 is 4.57 Å². The molecule has 0 N–H and O–H groups in total. The van der Waals surface area contributed by atoms with Crippen LogP contribution in [-0.4, -0.2) is 14.5 Å². The molecule has 1 aliphatic rings. The third-order valence-electron chi connectivity index (χ3n) is 13.7. The molecule has 0 unspecified atom stereocenters. The number of fused-ring (bicyclic) bond motifs is 8. The number of hydrogen-bond acceptors (Lipinski definition) is 2. The van der Waals surface area contributed by atoms with E-state index in [1.54, 1.807) is 0 Å². The third-order valence-corrected chi connectivity index (χ3v) is 13.7. The van der Waals surface area contributed by atoms with Gasteiger partial charge >= 0.3 is 0 Å². The van der Waals surface area contributed by atoms with Crippen molar-refractivity contribution in [3.05, 3.63) is 271 Å². The number of nitrogens with zero attached hydrogens (tertiary/aromatic N) is 3. The molecule has 13 rings (SSSR count). The van der Waals surface area contributed by atoms with Crippen molar-refractivity contribution in [2.75, 3.05) is 0 Å². The first kappa shape index (κ1) is 37.9. The summed E-state index contributed by atoms with van der Waals surface area (Å²) in [6.07, 6.45) is 0. The fraction of sp³-hybridized carbons (Fsp3) is 0.0159. The zero-order valence-corrected chi connectivity index (χ0v) is 36.0. The van der Waals surface area contributed by atoms with Crippen molar-refractivity contribution in [1.82, 2.24) is 14.5 Å². The molecular formula is C63H41N3. The standard InChI is InChI=1S/C63H41N3/c1-4-19-43(20-5-1)56-41-57(46-22-18-27-49(39-46)66-58-33-16-13-29-51(58)52-30-14-17-34-59(52)66)65-62(64-56)44-37-35-42(36-38-44)54-40-45-21-10-11-28-50(45)61-60(54)53-31-12-15-32-55(53)63(61,47-23-6-2-7-24-47)48-25-8-3-9-26-48/h1-41H. The molecule has 308 valence electrons. The van der Waals surface area contributed by atoms with Crippen molar-refractivity contribution in [1.29, 1.82) is 0 Å². The van der Waals surface area contributed by atoms with Gasteiger partial charge in [-0.1, -0.05) is 212 Å². The summed E-state index contributed by atoms with van der Waals surface area (Å²) < 4.78 is 2.36. The summed E-state index contributed by atoms with van der Waals surface area (Å²) in [7, 11) is 0. The lowest BCUT2D eigenvalue weighted by Gasteiger charge is -2.35. The van der Waals surface area contributed by atoms with Crippen molar-refractivity contribution in [3.8, 4) is 61.8 Å². The number of benzene rings is 10. The van der Waals surface area contributed by atoms with Crippen LogP contribution in [-0.2, 0) is 5.41 Å². The Bertz CT molecular complexity index is 3700. The van der Waals surface area contributed by atoms with E-state index >= 15 is 0 Å². The smallest absolute Gasteiger partial charge is 0.160 e. The molecule has 1 aliphatic carbocycles. The Morgan fingerprint density at radius 1 is 0.348 bits per heavy atom. The maximum Gasteiger partial charge on any atom is 0.160 e. The van der Waals surface area contributed by atoms with Crippen LogP contribution in [0.3, 0.4) is 0 Å². The highest BCUT2D eigenvalue weighted by atomic mass is 15.0. The van der Waals surface area contributed by atoms with E-state index < -0.39 is 5.41 Å². The molecule has 0 radical (unpaired) electrons. The molecule has 3 nitrogen and oxygen atoms in total. The van der Waals surface area contributed by atoms with E-state index in [1.165, 1.54) is 71.5 Å². The molecule has 2 heterocycles. The summed E-state index contributed by atoms with van der Waals surface area (Å²) in [5.41, 5.74) is 17.7. The van der Waals surface area contributed by atoms with Crippen molar-refractivity contribution in [2.24, 2.45) is 0 Å². The van der Waals surface area contributed by atoms with Crippen molar-refractivity contribution < 1.29 is 0 Å². The number of para-hydroxylation sites is 2. The summed E-state index contributed by atoms with van der Waals surface area (Å²) in [6.45, 7) is 0. The van der Waals surface area contributed by atoms with E-state index in [4.69, 9.17) is 9.97 Å². The van der Waals surface area contributed by atoms with Gasteiger partial charge in [0.15, 0.2) is 5.82 Å². The lowest BCUT2D eigenvalue weighted by Crippen LogP contribution is -2.28. The second kappa shape index (κ2) is 15.3. The second-order valence-electron chi connectivity index (χ2n) is 17.2. The highest BCUT2D eigenvalue weighted by molar-refractivity contribution is 6.09. The van der Waals surface area contributed by atoms with Gasteiger partial charge in [-0.25, -0.2) is 9.97 Å². The van der Waals surface area contributed by atoms with Crippen LogP contribution in [0.1, 0.15) is 22.3 Å². The molecule has 10 aromatic carbocycles. The second-order valence-corrected chi connectivity index (χ2v) is 17.2. The molecule has 0 fully saturated rings. The highest BCUT2D eigenvalue weighted by Gasteiger charge is 2.48. The van der Waals surface area contributed by atoms with Crippen molar-refractivity contribution in [2.45, 2.75) is 5.41 Å². The quantitative estimate of drug-likeness (QED) is 0.160. The fourth-order valence-corrected chi connectivity index (χ4v) is 10.8. The largest absolute Gasteiger partial charge is 0.309 e. The predicted octanol–water partition coefficient (Wildman–Crippen LogP) is 15.8. The maximum absolute atomic E-state index is 5.34. The molecule has 12 aromatic rings. The monoisotopic (exact) mass is 839 g/mol. The summed E-state index contributed by atoms with van der Waals surface area (Å²) in [4.78, 5) is 10.6. The van der Waals surface area contributed by atoms with Gasteiger partial charge in [-0.05, 0) is 91.7 Å². The van der Waals surface area contributed by atoms with Gasteiger partial charge in [0.1, 0.15) is 0 Å². The molecule has 0 saturated carbocycles. The first-order valence-corrected chi connectivity index (χ1v) is 22.7. The Morgan fingerprint density at radius 2 is 0.879 bits per heavy atom. The molecule has 0 spiro atoms. The minimum Gasteiger partial charge on any atom is -0.309 e.